The highest BCUT2D eigenvalue weighted by Gasteiger charge is 2.24. The van der Waals surface area contributed by atoms with Crippen molar-refractivity contribution in [3.8, 4) is 0 Å². The molecule has 1 aliphatic rings. The fraction of sp³-hybridized carbons (Fsp3) is 0.615. The van der Waals surface area contributed by atoms with Crippen LogP contribution in [0.5, 0.6) is 0 Å². The molecule has 2 aromatic rings. The Morgan fingerprint density at radius 3 is 3.05 bits per heavy atom. The first-order valence-corrected chi connectivity index (χ1v) is 6.72. The lowest BCUT2D eigenvalue weighted by Crippen LogP contribution is -2.23. The van der Waals surface area contributed by atoms with Gasteiger partial charge in [0.05, 0.1) is 18.6 Å². The van der Waals surface area contributed by atoms with Gasteiger partial charge in [0.25, 0.3) is 5.56 Å². The summed E-state index contributed by atoms with van der Waals surface area (Å²) < 4.78 is 3.22. The van der Waals surface area contributed by atoms with Crippen molar-refractivity contribution in [2.45, 2.75) is 38.3 Å². The number of fused-ring (bicyclic) bond motifs is 1. The van der Waals surface area contributed by atoms with Crippen LogP contribution in [0.4, 0.5) is 0 Å². The summed E-state index contributed by atoms with van der Waals surface area (Å²) in [5.41, 5.74) is 0.563. The van der Waals surface area contributed by atoms with E-state index in [-0.39, 0.29) is 11.7 Å². The SMILES string of the molecule is Cn1ncc2c(=O)n(CCC3CCCC3O)cnc21. The highest BCUT2D eigenvalue weighted by atomic mass is 16.3. The van der Waals surface area contributed by atoms with Crippen LogP contribution in [0.3, 0.4) is 0 Å². The van der Waals surface area contributed by atoms with Gasteiger partial charge >= 0.3 is 0 Å². The number of rotatable bonds is 3. The van der Waals surface area contributed by atoms with E-state index in [9.17, 15) is 9.90 Å². The van der Waals surface area contributed by atoms with Gasteiger partial charge in [0.15, 0.2) is 5.65 Å². The molecule has 0 amide bonds. The van der Waals surface area contributed by atoms with Crippen LogP contribution in [0.15, 0.2) is 17.3 Å². The van der Waals surface area contributed by atoms with E-state index in [2.05, 4.69) is 10.1 Å². The molecule has 1 fully saturated rings. The molecular weight excluding hydrogens is 244 g/mol. The number of aliphatic hydroxyl groups excluding tert-OH is 1. The van der Waals surface area contributed by atoms with Gasteiger partial charge in [0.2, 0.25) is 0 Å². The Labute approximate surface area is 110 Å². The number of aryl methyl sites for hydroxylation is 2. The Balaban J connectivity index is 1.81. The number of nitrogens with zero attached hydrogens (tertiary/aromatic N) is 4. The van der Waals surface area contributed by atoms with E-state index in [1.54, 1.807) is 28.8 Å². The zero-order chi connectivity index (χ0) is 13.4. The van der Waals surface area contributed by atoms with E-state index in [1.165, 1.54) is 0 Å². The molecule has 1 N–H and O–H groups in total. The Morgan fingerprint density at radius 1 is 1.47 bits per heavy atom. The predicted octanol–water partition coefficient (Wildman–Crippen LogP) is 0.681. The molecule has 2 unspecified atom stereocenters. The zero-order valence-electron chi connectivity index (χ0n) is 11.0. The lowest BCUT2D eigenvalue weighted by molar-refractivity contribution is 0.125. The molecule has 19 heavy (non-hydrogen) atoms. The second-order valence-corrected chi connectivity index (χ2v) is 5.30. The maximum Gasteiger partial charge on any atom is 0.264 e. The number of aromatic nitrogens is 4. The lowest BCUT2D eigenvalue weighted by atomic mass is 10.0. The molecule has 3 rings (SSSR count). The van der Waals surface area contributed by atoms with Crippen LogP contribution in [-0.4, -0.2) is 30.5 Å². The summed E-state index contributed by atoms with van der Waals surface area (Å²) in [6, 6.07) is 0. The molecule has 102 valence electrons. The maximum absolute atomic E-state index is 12.2. The van der Waals surface area contributed by atoms with Crippen molar-refractivity contribution in [3.63, 3.8) is 0 Å². The van der Waals surface area contributed by atoms with Gasteiger partial charge in [0, 0.05) is 13.6 Å². The lowest BCUT2D eigenvalue weighted by Gasteiger charge is -2.14. The third kappa shape index (κ3) is 2.16. The normalized spacial score (nSPS) is 23.3. The van der Waals surface area contributed by atoms with Crippen molar-refractivity contribution < 1.29 is 5.11 Å². The zero-order valence-corrected chi connectivity index (χ0v) is 11.0. The molecule has 0 aliphatic heterocycles. The fourth-order valence-corrected chi connectivity index (χ4v) is 2.88. The van der Waals surface area contributed by atoms with Crippen LogP contribution in [0.25, 0.3) is 11.0 Å². The first-order valence-electron chi connectivity index (χ1n) is 6.72. The highest BCUT2D eigenvalue weighted by molar-refractivity contribution is 5.72. The van der Waals surface area contributed by atoms with E-state index in [1.807, 2.05) is 0 Å². The Bertz CT molecular complexity index is 646. The van der Waals surface area contributed by atoms with Crippen LogP contribution < -0.4 is 5.56 Å². The molecular formula is C13H18N4O2. The highest BCUT2D eigenvalue weighted by Crippen LogP contribution is 2.28. The van der Waals surface area contributed by atoms with Crippen molar-refractivity contribution in [1.29, 1.82) is 0 Å². The smallest absolute Gasteiger partial charge is 0.264 e. The molecule has 1 saturated carbocycles. The molecule has 0 saturated heterocycles. The Morgan fingerprint density at radius 2 is 2.32 bits per heavy atom. The number of aliphatic hydroxyl groups is 1. The van der Waals surface area contributed by atoms with E-state index in [0.29, 0.717) is 23.5 Å². The molecule has 0 aromatic carbocycles. The summed E-state index contributed by atoms with van der Waals surface area (Å²) in [5, 5.41) is 14.4. The maximum atomic E-state index is 12.2. The van der Waals surface area contributed by atoms with Gasteiger partial charge in [0.1, 0.15) is 5.39 Å². The average Bonchev–Trinajstić information content (AvgIpc) is 2.96. The van der Waals surface area contributed by atoms with Crippen LogP contribution >= 0.6 is 0 Å². The number of hydrogen-bond donors (Lipinski definition) is 1. The van der Waals surface area contributed by atoms with E-state index >= 15 is 0 Å². The van der Waals surface area contributed by atoms with Gasteiger partial charge < -0.3 is 5.11 Å². The Kier molecular flexibility index (Phi) is 3.10. The van der Waals surface area contributed by atoms with Crippen LogP contribution in [0.1, 0.15) is 25.7 Å². The second-order valence-electron chi connectivity index (χ2n) is 5.30. The molecule has 2 heterocycles. The number of hydrogen-bond acceptors (Lipinski definition) is 4. The summed E-state index contributed by atoms with van der Waals surface area (Å²) in [4.78, 5) is 16.5. The van der Waals surface area contributed by atoms with Gasteiger partial charge in [-0.15, -0.1) is 0 Å². The molecule has 0 bridgehead atoms. The van der Waals surface area contributed by atoms with Crippen molar-refractivity contribution in [2.24, 2.45) is 13.0 Å². The summed E-state index contributed by atoms with van der Waals surface area (Å²) in [5.74, 6) is 0.316. The monoisotopic (exact) mass is 262 g/mol. The van der Waals surface area contributed by atoms with E-state index < -0.39 is 0 Å². The summed E-state index contributed by atoms with van der Waals surface area (Å²) >= 11 is 0. The standard InChI is InChI=1S/C13H18N4O2/c1-16-12-10(7-15-16)13(19)17(8-14-12)6-5-9-3-2-4-11(9)18/h7-9,11,18H,2-6H2,1H3. The Hall–Kier alpha value is -1.69. The van der Waals surface area contributed by atoms with E-state index in [0.717, 1.165) is 25.7 Å². The molecule has 2 atom stereocenters. The molecule has 2 aromatic heterocycles. The molecule has 6 nitrogen and oxygen atoms in total. The van der Waals surface area contributed by atoms with Crippen molar-refractivity contribution in [1.82, 2.24) is 19.3 Å². The summed E-state index contributed by atoms with van der Waals surface area (Å²) in [6.07, 6.45) is 6.79. The van der Waals surface area contributed by atoms with Crippen molar-refractivity contribution in [2.75, 3.05) is 0 Å². The van der Waals surface area contributed by atoms with Crippen molar-refractivity contribution >= 4 is 11.0 Å². The molecule has 0 spiro atoms. The topological polar surface area (TPSA) is 72.9 Å². The van der Waals surface area contributed by atoms with Gasteiger partial charge in [-0.1, -0.05) is 6.42 Å². The predicted molar refractivity (Wildman–Crippen MR) is 70.7 cm³/mol. The van der Waals surface area contributed by atoms with Crippen LogP contribution in [0.2, 0.25) is 0 Å². The summed E-state index contributed by atoms with van der Waals surface area (Å²) in [7, 11) is 1.77. The van der Waals surface area contributed by atoms with Gasteiger partial charge in [-0.25, -0.2) is 4.98 Å². The molecule has 0 radical (unpaired) electrons. The third-order valence-corrected chi connectivity index (χ3v) is 4.08. The fourth-order valence-electron chi connectivity index (χ4n) is 2.88. The molecule has 6 heteroatoms. The largest absolute Gasteiger partial charge is 0.393 e. The minimum atomic E-state index is -0.203. The minimum absolute atomic E-state index is 0.0504. The van der Waals surface area contributed by atoms with Gasteiger partial charge in [-0.05, 0) is 25.2 Å². The third-order valence-electron chi connectivity index (χ3n) is 4.08. The van der Waals surface area contributed by atoms with Crippen LogP contribution in [0, 0.1) is 5.92 Å². The minimum Gasteiger partial charge on any atom is -0.393 e. The quantitative estimate of drug-likeness (QED) is 0.883. The van der Waals surface area contributed by atoms with Gasteiger partial charge in [-0.2, -0.15) is 5.10 Å². The van der Waals surface area contributed by atoms with E-state index in [4.69, 9.17) is 0 Å². The second kappa shape index (κ2) is 4.77. The first kappa shape index (κ1) is 12.3. The summed E-state index contributed by atoms with van der Waals surface area (Å²) in [6.45, 7) is 0.610. The first-order chi connectivity index (χ1) is 9.16. The van der Waals surface area contributed by atoms with Gasteiger partial charge in [-0.3, -0.25) is 14.0 Å². The molecule has 1 aliphatic carbocycles. The average molecular weight is 262 g/mol. The van der Waals surface area contributed by atoms with Crippen molar-refractivity contribution in [3.05, 3.63) is 22.9 Å². The van der Waals surface area contributed by atoms with Crippen LogP contribution in [-0.2, 0) is 13.6 Å².